The molecule has 26 heavy (non-hydrogen) atoms. The second kappa shape index (κ2) is 11.8. The van der Waals surface area contributed by atoms with Gasteiger partial charge in [-0.2, -0.15) is 11.8 Å². The summed E-state index contributed by atoms with van der Waals surface area (Å²) in [5.41, 5.74) is 1.34. The molecule has 1 aromatic carbocycles. The van der Waals surface area contributed by atoms with Gasteiger partial charge in [0.1, 0.15) is 0 Å². The number of aliphatic carboxylic acids is 1. The minimum absolute atomic E-state index is 0.214. The molecule has 1 aromatic rings. The molecular weight excluding hydrogens is 346 g/mol. The number of nitrogens with zero attached hydrogens (tertiary/aromatic N) is 1. The molecule has 1 aliphatic heterocycles. The maximum absolute atomic E-state index is 12.3. The summed E-state index contributed by atoms with van der Waals surface area (Å²) in [7, 11) is 0. The van der Waals surface area contributed by atoms with Gasteiger partial charge in [0.25, 0.3) is 0 Å². The topological polar surface area (TPSA) is 57.6 Å². The molecule has 142 valence electrons. The van der Waals surface area contributed by atoms with Gasteiger partial charge in [0.2, 0.25) is 5.91 Å². The summed E-state index contributed by atoms with van der Waals surface area (Å²) in [5, 5.41) is 8.65. The molecule has 0 radical (unpaired) electrons. The van der Waals surface area contributed by atoms with Crippen LogP contribution >= 0.6 is 11.8 Å². The lowest BCUT2D eigenvalue weighted by molar-refractivity contribution is -0.137. The lowest BCUT2D eigenvalue weighted by Gasteiger charge is -2.34. The minimum atomic E-state index is -0.738. The molecule has 1 aliphatic rings. The number of amides is 1. The third kappa shape index (κ3) is 7.65. The largest absolute Gasteiger partial charge is 0.481 e. The van der Waals surface area contributed by atoms with Crippen molar-refractivity contribution in [3.63, 3.8) is 0 Å². The normalized spacial score (nSPS) is 17.8. The molecule has 1 N–H and O–H groups in total. The first-order valence-electron chi connectivity index (χ1n) is 9.46. The van der Waals surface area contributed by atoms with Gasteiger partial charge in [-0.25, -0.2) is 0 Å². The van der Waals surface area contributed by atoms with E-state index in [0.717, 1.165) is 43.7 Å². The van der Waals surface area contributed by atoms with Crippen molar-refractivity contribution in [3.05, 3.63) is 48.0 Å². The number of rotatable bonds is 11. The molecule has 0 aromatic heterocycles. The summed E-state index contributed by atoms with van der Waals surface area (Å²) in [6.45, 7) is 0.754. The van der Waals surface area contributed by atoms with E-state index in [1.807, 2.05) is 11.0 Å². The highest BCUT2D eigenvalue weighted by atomic mass is 32.2. The Labute approximate surface area is 160 Å². The second-order valence-electron chi connectivity index (χ2n) is 6.61. The van der Waals surface area contributed by atoms with Gasteiger partial charge in [-0.15, -0.1) is 0 Å². The molecule has 0 unspecified atom stereocenters. The molecule has 1 fully saturated rings. The van der Waals surface area contributed by atoms with E-state index in [4.69, 9.17) is 5.11 Å². The Morgan fingerprint density at radius 2 is 2.08 bits per heavy atom. The van der Waals surface area contributed by atoms with E-state index in [1.165, 1.54) is 5.56 Å². The Bertz CT molecular complexity index is 588. The third-order valence-corrected chi connectivity index (χ3v) is 5.62. The number of carboxylic acid groups (broad SMARTS) is 1. The number of likely N-dealkylation sites (tertiary alicyclic amines) is 1. The number of hydrogen-bond acceptors (Lipinski definition) is 3. The van der Waals surface area contributed by atoms with E-state index >= 15 is 0 Å². The van der Waals surface area contributed by atoms with Crippen molar-refractivity contribution in [3.8, 4) is 0 Å². The van der Waals surface area contributed by atoms with Gasteiger partial charge in [0, 0.05) is 31.2 Å². The number of carboxylic acids is 1. The zero-order chi connectivity index (χ0) is 18.6. The van der Waals surface area contributed by atoms with Gasteiger partial charge >= 0.3 is 5.97 Å². The Balaban J connectivity index is 1.72. The van der Waals surface area contributed by atoms with Crippen molar-refractivity contribution in [1.29, 1.82) is 0 Å². The van der Waals surface area contributed by atoms with Gasteiger partial charge in [-0.05, 0) is 43.4 Å². The highest BCUT2D eigenvalue weighted by molar-refractivity contribution is 7.99. The monoisotopic (exact) mass is 375 g/mol. The van der Waals surface area contributed by atoms with Gasteiger partial charge in [-0.3, -0.25) is 9.59 Å². The van der Waals surface area contributed by atoms with Crippen LogP contribution in [0.4, 0.5) is 0 Å². The molecule has 1 atom stereocenters. The second-order valence-corrected chi connectivity index (χ2v) is 7.83. The molecule has 1 amide bonds. The van der Waals surface area contributed by atoms with E-state index in [1.54, 1.807) is 11.8 Å². The van der Waals surface area contributed by atoms with Crippen LogP contribution in [0.3, 0.4) is 0 Å². The molecule has 0 saturated carbocycles. The molecule has 5 heteroatoms. The number of carbonyl (C=O) groups is 2. The number of piperidine rings is 1. The smallest absolute Gasteiger partial charge is 0.303 e. The van der Waals surface area contributed by atoms with Crippen molar-refractivity contribution >= 4 is 23.6 Å². The van der Waals surface area contributed by atoms with Crippen molar-refractivity contribution in [2.75, 3.05) is 18.1 Å². The molecule has 4 nitrogen and oxygen atoms in total. The number of hydrogen-bond donors (Lipinski definition) is 1. The van der Waals surface area contributed by atoms with E-state index in [2.05, 4.69) is 36.4 Å². The van der Waals surface area contributed by atoms with Gasteiger partial charge < -0.3 is 10.0 Å². The van der Waals surface area contributed by atoms with Crippen LogP contribution in [0.5, 0.6) is 0 Å². The SMILES string of the molecule is O=C(O)CCCSCCN1C(=O)CCC[C@@H]1C=CCCc1ccccc1. The van der Waals surface area contributed by atoms with Crippen LogP contribution in [-0.4, -0.2) is 46.0 Å². The molecule has 2 rings (SSSR count). The third-order valence-electron chi connectivity index (χ3n) is 4.57. The van der Waals surface area contributed by atoms with E-state index in [9.17, 15) is 9.59 Å². The standard InChI is InChI=1S/C21H29NO3S/c23-20-13-6-12-19(11-5-4-10-18-8-2-1-3-9-18)22(20)15-17-26-16-7-14-21(24)25/h1-3,5,8-9,11,19H,4,6-7,10,12-17H2,(H,24,25)/t19-/m0/s1. The summed E-state index contributed by atoms with van der Waals surface area (Å²) in [5.74, 6) is 1.23. The fraction of sp³-hybridized carbons (Fsp3) is 0.524. The fourth-order valence-electron chi connectivity index (χ4n) is 3.18. The minimum Gasteiger partial charge on any atom is -0.481 e. The van der Waals surface area contributed by atoms with E-state index in [0.29, 0.717) is 12.8 Å². The maximum Gasteiger partial charge on any atom is 0.303 e. The van der Waals surface area contributed by atoms with Crippen molar-refractivity contribution < 1.29 is 14.7 Å². The molecule has 1 heterocycles. The van der Waals surface area contributed by atoms with Crippen LogP contribution in [0.15, 0.2) is 42.5 Å². The Morgan fingerprint density at radius 1 is 1.27 bits per heavy atom. The average molecular weight is 376 g/mol. The van der Waals surface area contributed by atoms with Crippen LogP contribution in [0, 0.1) is 0 Å². The average Bonchev–Trinajstić information content (AvgIpc) is 2.64. The zero-order valence-corrected chi connectivity index (χ0v) is 16.1. The van der Waals surface area contributed by atoms with Gasteiger partial charge in [0.15, 0.2) is 0 Å². The van der Waals surface area contributed by atoms with Gasteiger partial charge in [0.05, 0.1) is 0 Å². The number of benzene rings is 1. The van der Waals surface area contributed by atoms with E-state index in [-0.39, 0.29) is 18.4 Å². The zero-order valence-electron chi connectivity index (χ0n) is 15.3. The quantitative estimate of drug-likeness (QED) is 0.466. The first-order chi connectivity index (χ1) is 12.7. The van der Waals surface area contributed by atoms with Crippen LogP contribution < -0.4 is 0 Å². The first-order valence-corrected chi connectivity index (χ1v) is 10.6. The summed E-state index contributed by atoms with van der Waals surface area (Å²) in [6, 6.07) is 10.7. The lowest BCUT2D eigenvalue weighted by atomic mass is 10.0. The lowest BCUT2D eigenvalue weighted by Crippen LogP contribution is -2.43. The molecule has 0 aliphatic carbocycles. The summed E-state index contributed by atoms with van der Waals surface area (Å²) < 4.78 is 0. The van der Waals surface area contributed by atoms with E-state index < -0.39 is 5.97 Å². The predicted octanol–water partition coefficient (Wildman–Crippen LogP) is 4.15. The highest BCUT2D eigenvalue weighted by Gasteiger charge is 2.25. The van der Waals surface area contributed by atoms with Crippen molar-refractivity contribution in [2.45, 2.75) is 51.0 Å². The fourth-order valence-corrected chi connectivity index (χ4v) is 4.05. The van der Waals surface area contributed by atoms with Crippen LogP contribution in [-0.2, 0) is 16.0 Å². The molecule has 0 bridgehead atoms. The van der Waals surface area contributed by atoms with Gasteiger partial charge in [-0.1, -0.05) is 42.5 Å². The number of thioether (sulfide) groups is 1. The van der Waals surface area contributed by atoms with Crippen molar-refractivity contribution in [2.24, 2.45) is 0 Å². The Morgan fingerprint density at radius 3 is 2.85 bits per heavy atom. The maximum atomic E-state index is 12.3. The Hall–Kier alpha value is -1.75. The number of carbonyl (C=O) groups excluding carboxylic acids is 1. The molecule has 1 saturated heterocycles. The molecular formula is C21H29NO3S. The van der Waals surface area contributed by atoms with Crippen LogP contribution in [0.2, 0.25) is 0 Å². The predicted molar refractivity (Wildman–Crippen MR) is 107 cm³/mol. The molecule has 0 spiro atoms. The summed E-state index contributed by atoms with van der Waals surface area (Å²) in [4.78, 5) is 24.8. The number of aryl methyl sites for hydroxylation is 1. The summed E-state index contributed by atoms with van der Waals surface area (Å²) in [6.07, 6.45) is 10.0. The van der Waals surface area contributed by atoms with Crippen molar-refractivity contribution in [1.82, 2.24) is 4.90 Å². The summed E-state index contributed by atoms with van der Waals surface area (Å²) >= 11 is 1.74. The van der Waals surface area contributed by atoms with Crippen LogP contribution in [0.25, 0.3) is 0 Å². The van der Waals surface area contributed by atoms with Crippen LogP contribution in [0.1, 0.15) is 44.1 Å². The highest BCUT2D eigenvalue weighted by Crippen LogP contribution is 2.20. The first kappa shape index (κ1) is 20.6. The Kier molecular flexibility index (Phi) is 9.32. The number of allylic oxidation sites excluding steroid dienone is 1.